The largest absolute Gasteiger partial charge is 0.481 e. The fraction of sp³-hybridized carbons (Fsp3) is 0.429. The minimum absolute atomic E-state index is 0.126. The number of fused-ring (bicyclic) bond motifs is 2. The number of amides is 9. The molecule has 0 radical (unpaired) electrons. The number of aliphatic hydroxyl groups is 1. The predicted molar refractivity (Wildman–Crippen MR) is 271 cm³/mol. The number of aliphatic carboxylic acids is 3. The van der Waals surface area contributed by atoms with E-state index >= 15 is 0 Å². The van der Waals surface area contributed by atoms with Crippen LogP contribution in [0.4, 0.5) is 0 Å². The van der Waals surface area contributed by atoms with Gasteiger partial charge in [0.05, 0.1) is 25.6 Å². The molecule has 8 atom stereocenters. The molecule has 0 aliphatic carbocycles. The maximum Gasteiger partial charge on any atom is 0.326 e. The number of nitrogens with two attached hydrogens (primary N) is 2. The number of nitrogens with one attached hydrogen (secondary N) is 10. The average molecular weight is 1080 g/mol. The van der Waals surface area contributed by atoms with Crippen LogP contribution in [0.1, 0.15) is 64.0 Å². The molecule has 4 rings (SSSR count). The molecule has 2 heterocycles. The number of carboxylic acids is 3. The van der Waals surface area contributed by atoms with E-state index in [1.165, 1.54) is 27.0 Å². The zero-order chi connectivity index (χ0) is 57.1. The van der Waals surface area contributed by atoms with Crippen molar-refractivity contribution in [2.45, 2.75) is 114 Å². The highest BCUT2D eigenvalue weighted by atomic mass is 16.4. The number of primary amides is 1. The zero-order valence-corrected chi connectivity index (χ0v) is 42.2. The quantitative estimate of drug-likeness (QED) is 0.0234. The fourth-order valence-corrected chi connectivity index (χ4v) is 7.81. The number of carboxylic acid groups (broad SMARTS) is 3. The summed E-state index contributed by atoms with van der Waals surface area (Å²) in [6.45, 7) is 2.31. The Labute approximate surface area is 439 Å². The topological polar surface area (TPSA) is 466 Å². The molecule has 0 fully saturated rings. The maximum absolute atomic E-state index is 14.3. The van der Waals surface area contributed by atoms with Gasteiger partial charge in [-0.05, 0) is 48.9 Å². The van der Waals surface area contributed by atoms with Gasteiger partial charge >= 0.3 is 17.9 Å². The minimum atomic E-state index is -1.95. The second-order valence-corrected chi connectivity index (χ2v) is 18.3. The standard InChI is InChI=1S/C49H64N12O16/c1-23(2)41(49(76)77)61-45(72)32(13-15-39(65)66)56-38(64)21-54-44(71)36(22-62)60-47(74)34(17-26-20-53-31-11-7-5-9-28(26)31)58-48(75)35(18-40(67)68)59-46(73)33(16-25-19-52-30-10-6-4-8-27(25)30)57-42(69)24(3)55-43(70)29(50)12-14-37(51)63/h4-11,19-20,23-24,29,32-36,41,52-53,62H,12-18,21-22,50H2,1-3H3,(H2,51,63)(H,54,71)(H,55,70)(H,56,64)(H,57,69)(H,58,75)(H,59,73)(H,60,74)(H,61,72)(H,65,66)(H,67,68)(H,76,77)/t24-,29-,32-,33-,34-,35-,36-,41-/m0/s1. The number of aliphatic hydroxyl groups excluding tert-OH is 1. The molecular weight excluding hydrogens is 1010 g/mol. The lowest BCUT2D eigenvalue weighted by Crippen LogP contribution is -2.60. The summed E-state index contributed by atoms with van der Waals surface area (Å²) in [6, 6.07) is 1.26. The molecule has 0 spiro atoms. The number of para-hydroxylation sites is 2. The van der Waals surface area contributed by atoms with E-state index in [9.17, 15) is 78.0 Å². The van der Waals surface area contributed by atoms with E-state index < -0.39 is 158 Å². The van der Waals surface area contributed by atoms with Gasteiger partial charge in [-0.15, -0.1) is 0 Å². The van der Waals surface area contributed by atoms with Crippen LogP contribution in [0.25, 0.3) is 21.8 Å². The number of rotatable bonds is 31. The van der Waals surface area contributed by atoms with Crippen LogP contribution in [0.5, 0.6) is 0 Å². The zero-order valence-electron chi connectivity index (χ0n) is 42.2. The van der Waals surface area contributed by atoms with Crippen LogP contribution >= 0.6 is 0 Å². The Bertz CT molecular complexity index is 2830. The lowest BCUT2D eigenvalue weighted by molar-refractivity contribution is -0.144. The molecule has 9 amide bonds. The molecule has 2 aromatic carbocycles. The van der Waals surface area contributed by atoms with Crippen LogP contribution in [0.2, 0.25) is 0 Å². The van der Waals surface area contributed by atoms with Gasteiger partial charge in [0.1, 0.15) is 42.3 Å². The molecule has 0 unspecified atom stereocenters. The molecule has 416 valence electrons. The summed E-state index contributed by atoms with van der Waals surface area (Å²) in [5, 5.41) is 58.8. The maximum atomic E-state index is 14.3. The van der Waals surface area contributed by atoms with Crippen molar-refractivity contribution in [3.63, 3.8) is 0 Å². The Balaban J connectivity index is 1.56. The van der Waals surface area contributed by atoms with Crippen molar-refractivity contribution < 1.29 is 78.0 Å². The Morgan fingerprint density at radius 2 is 1.04 bits per heavy atom. The molecule has 2 aromatic heterocycles. The van der Waals surface area contributed by atoms with Crippen LogP contribution in [0.15, 0.2) is 60.9 Å². The van der Waals surface area contributed by atoms with Crippen LogP contribution in [-0.4, -0.2) is 163 Å². The molecule has 4 aromatic rings. The molecule has 18 N–H and O–H groups in total. The number of H-pyrrole nitrogens is 2. The minimum Gasteiger partial charge on any atom is -0.481 e. The second kappa shape index (κ2) is 28.7. The van der Waals surface area contributed by atoms with E-state index in [1.54, 1.807) is 54.7 Å². The third kappa shape index (κ3) is 18.5. The molecule has 77 heavy (non-hydrogen) atoms. The Morgan fingerprint density at radius 1 is 0.545 bits per heavy atom. The van der Waals surface area contributed by atoms with Gasteiger partial charge in [0.25, 0.3) is 0 Å². The van der Waals surface area contributed by atoms with Crippen molar-refractivity contribution in [2.75, 3.05) is 13.2 Å². The molecule has 0 saturated carbocycles. The molecule has 28 nitrogen and oxygen atoms in total. The summed E-state index contributed by atoms with van der Waals surface area (Å²) in [5.41, 5.74) is 13.2. The van der Waals surface area contributed by atoms with Crippen molar-refractivity contribution >= 4 is 92.9 Å². The van der Waals surface area contributed by atoms with E-state index in [4.69, 9.17) is 11.5 Å². The van der Waals surface area contributed by atoms with E-state index in [2.05, 4.69) is 52.5 Å². The van der Waals surface area contributed by atoms with Crippen molar-refractivity contribution in [3.8, 4) is 0 Å². The van der Waals surface area contributed by atoms with Gasteiger partial charge in [-0.1, -0.05) is 50.2 Å². The van der Waals surface area contributed by atoms with Crippen LogP contribution in [0, 0.1) is 5.92 Å². The van der Waals surface area contributed by atoms with Crippen LogP contribution in [-0.2, 0) is 70.4 Å². The molecular formula is C49H64N12O16. The highest BCUT2D eigenvalue weighted by molar-refractivity contribution is 5.99. The Hall–Kier alpha value is -8.92. The monoisotopic (exact) mass is 1080 g/mol. The Morgan fingerprint density at radius 3 is 1.53 bits per heavy atom. The average Bonchev–Trinajstić information content (AvgIpc) is 3.99. The van der Waals surface area contributed by atoms with Gasteiger partial charge in [-0.25, -0.2) is 4.79 Å². The normalized spacial score (nSPS) is 14.3. The molecule has 0 bridgehead atoms. The molecule has 28 heteroatoms. The first-order valence-corrected chi connectivity index (χ1v) is 24.2. The van der Waals surface area contributed by atoms with Crippen molar-refractivity contribution in [2.24, 2.45) is 17.4 Å². The highest BCUT2D eigenvalue weighted by Gasteiger charge is 2.35. The second-order valence-electron chi connectivity index (χ2n) is 18.3. The van der Waals surface area contributed by atoms with Crippen LogP contribution < -0.4 is 54.0 Å². The van der Waals surface area contributed by atoms with E-state index in [1.807, 2.05) is 0 Å². The summed E-state index contributed by atoms with van der Waals surface area (Å²) >= 11 is 0. The van der Waals surface area contributed by atoms with Gasteiger partial charge < -0.3 is 84.4 Å². The summed E-state index contributed by atoms with van der Waals surface area (Å²) in [4.78, 5) is 161. The fourth-order valence-electron chi connectivity index (χ4n) is 7.81. The van der Waals surface area contributed by atoms with Gasteiger partial charge in [0.2, 0.25) is 53.2 Å². The number of hydrogen-bond acceptors (Lipinski definition) is 14. The number of hydrogen-bond donors (Lipinski definition) is 16. The molecule has 0 saturated heterocycles. The van der Waals surface area contributed by atoms with Gasteiger partial charge in [-0.3, -0.25) is 52.7 Å². The number of carbonyl (C=O) groups excluding carboxylic acids is 9. The third-order valence-electron chi connectivity index (χ3n) is 12.0. The number of carbonyl (C=O) groups is 12. The smallest absolute Gasteiger partial charge is 0.326 e. The van der Waals surface area contributed by atoms with E-state index in [0.29, 0.717) is 32.9 Å². The number of aromatic nitrogens is 2. The summed E-state index contributed by atoms with van der Waals surface area (Å²) < 4.78 is 0. The predicted octanol–water partition coefficient (Wildman–Crippen LogP) is -3.37. The van der Waals surface area contributed by atoms with Crippen molar-refractivity contribution in [3.05, 3.63) is 72.1 Å². The molecule has 0 aliphatic rings. The lowest BCUT2D eigenvalue weighted by atomic mass is 10.0. The van der Waals surface area contributed by atoms with Gasteiger partial charge in [0, 0.05) is 59.9 Å². The first-order valence-electron chi connectivity index (χ1n) is 24.2. The van der Waals surface area contributed by atoms with Crippen LogP contribution in [0.3, 0.4) is 0 Å². The van der Waals surface area contributed by atoms with E-state index in [0.717, 1.165) is 0 Å². The number of benzene rings is 2. The lowest BCUT2D eigenvalue weighted by Gasteiger charge is -2.26. The summed E-state index contributed by atoms with van der Waals surface area (Å²) in [6.07, 6.45) is 0.0122. The van der Waals surface area contributed by atoms with Crippen molar-refractivity contribution in [1.29, 1.82) is 0 Å². The van der Waals surface area contributed by atoms with Gasteiger partial charge in [-0.2, -0.15) is 0 Å². The highest BCUT2D eigenvalue weighted by Crippen LogP contribution is 2.21. The summed E-state index contributed by atoms with van der Waals surface area (Å²) in [5.74, 6) is -14.0. The number of aromatic amines is 2. The first kappa shape index (κ1) is 60.6. The molecule has 0 aliphatic heterocycles. The Kier molecular flexibility index (Phi) is 22.6. The SMILES string of the molecule is CC(C)[C@H](NC(=O)[C@H](CCC(=O)O)NC(=O)CNC(=O)[C@H](CO)NC(=O)[C@H](Cc1c[nH]c2ccccc12)NC(=O)[C@H](CC(=O)O)NC(=O)[C@H](Cc1c[nH]c2ccccc12)NC(=O)[C@H](C)NC(=O)[C@@H](N)CCC(N)=O)C(=O)O. The third-order valence-corrected chi connectivity index (χ3v) is 12.0. The first-order chi connectivity index (χ1) is 36.4. The van der Waals surface area contributed by atoms with E-state index in [-0.39, 0.29) is 25.7 Å². The van der Waals surface area contributed by atoms with Gasteiger partial charge in [0.15, 0.2) is 0 Å². The summed E-state index contributed by atoms with van der Waals surface area (Å²) in [7, 11) is 0. The van der Waals surface area contributed by atoms with Crippen molar-refractivity contribution in [1.82, 2.24) is 52.5 Å².